The second-order valence-corrected chi connectivity index (χ2v) is 5.55. The maximum absolute atomic E-state index is 11.3. The zero-order valence-electron chi connectivity index (χ0n) is 8.73. The Bertz CT molecular complexity index is 397. The normalized spacial score (nSPS) is 17.8. The summed E-state index contributed by atoms with van der Waals surface area (Å²) in [5, 5.41) is 8.80. The molecule has 0 aromatic heterocycles. The van der Waals surface area contributed by atoms with E-state index in [4.69, 9.17) is 5.11 Å². The third kappa shape index (κ3) is 3.17. The second kappa shape index (κ2) is 4.38. The molecular weight excluding hydrogens is 238 g/mol. The Balaban J connectivity index is 2.49. The molecule has 0 aromatic rings. The topological polar surface area (TPSA) is 110 Å². The monoisotopic (exact) mass is 251 g/mol. The van der Waals surface area contributed by atoms with Crippen molar-refractivity contribution in [2.45, 2.75) is 12.8 Å². The van der Waals surface area contributed by atoms with Crippen LogP contribution in [0.25, 0.3) is 0 Å². The van der Waals surface area contributed by atoms with Crippen molar-refractivity contribution in [2.24, 2.45) is 5.41 Å². The van der Waals surface area contributed by atoms with E-state index in [-0.39, 0.29) is 6.54 Å². The van der Waals surface area contributed by atoms with Crippen LogP contribution in [0.3, 0.4) is 0 Å². The molecule has 1 saturated carbocycles. The summed E-state index contributed by atoms with van der Waals surface area (Å²) < 4.78 is 28.9. The number of carbonyl (C=O) groups excluding carboxylic acids is 1. The van der Waals surface area contributed by atoms with E-state index in [1.54, 1.807) is 0 Å². The van der Waals surface area contributed by atoms with E-state index in [9.17, 15) is 18.0 Å². The molecule has 0 bridgehead atoms. The van der Waals surface area contributed by atoms with Gasteiger partial charge in [-0.1, -0.05) is 0 Å². The summed E-state index contributed by atoms with van der Waals surface area (Å²) in [7, 11) is -2.73. The molecule has 0 atom stereocenters. The fourth-order valence-corrected chi connectivity index (χ4v) is 2.16. The van der Waals surface area contributed by atoms with Crippen LogP contribution in [0, 0.1) is 5.41 Å². The second-order valence-electron chi connectivity index (χ2n) is 3.74. The molecule has 8 heteroatoms. The average molecular weight is 251 g/mol. The van der Waals surface area contributed by atoms with Gasteiger partial charge in [-0.15, -0.1) is 0 Å². The lowest BCUT2D eigenvalue weighted by molar-refractivity contribution is -0.143. The summed E-state index contributed by atoms with van der Waals surface area (Å²) in [4.78, 5) is 21.5. The molecule has 1 fully saturated rings. The highest BCUT2D eigenvalue weighted by molar-refractivity contribution is 7.90. The van der Waals surface area contributed by atoms with E-state index >= 15 is 0 Å². The van der Waals surface area contributed by atoms with Crippen LogP contribution in [0.5, 0.6) is 0 Å². The molecule has 1 rings (SSSR count). The van der Waals surface area contributed by atoms with Crippen molar-refractivity contribution in [3.63, 3.8) is 0 Å². The van der Waals surface area contributed by atoms with Gasteiger partial charge >= 0.3 is 11.9 Å². The minimum Gasteiger partial charge on any atom is -0.481 e. The van der Waals surface area contributed by atoms with Crippen molar-refractivity contribution in [2.75, 3.05) is 19.4 Å². The molecule has 1 aliphatic carbocycles. The average Bonchev–Trinajstić information content (AvgIpc) is 2.95. The van der Waals surface area contributed by atoms with Gasteiger partial charge in [0.25, 0.3) is 0 Å². The van der Waals surface area contributed by atoms with Gasteiger partial charge in [-0.25, -0.2) is 13.1 Å². The molecule has 0 spiro atoms. The van der Waals surface area contributed by atoms with Gasteiger partial charge in [0.05, 0.1) is 12.5 Å². The van der Waals surface area contributed by atoms with E-state index in [2.05, 4.69) is 9.46 Å². The highest BCUT2D eigenvalue weighted by atomic mass is 32.2. The molecule has 16 heavy (non-hydrogen) atoms. The number of sulfonamides is 1. The number of carboxylic acids is 1. The Labute approximate surface area is 92.8 Å². The summed E-state index contributed by atoms with van der Waals surface area (Å²) in [6, 6.07) is 0. The van der Waals surface area contributed by atoms with Crippen LogP contribution < -0.4 is 4.72 Å². The molecule has 0 saturated heterocycles. The summed E-state index contributed by atoms with van der Waals surface area (Å²) >= 11 is 0. The van der Waals surface area contributed by atoms with E-state index in [0.717, 1.165) is 7.11 Å². The number of ether oxygens (including phenoxy) is 1. The number of aliphatic carboxylic acids is 1. The maximum Gasteiger partial charge on any atom is 0.322 e. The zero-order chi connectivity index (χ0) is 12.4. The zero-order valence-corrected chi connectivity index (χ0v) is 9.54. The maximum atomic E-state index is 11.3. The highest BCUT2D eigenvalue weighted by Gasteiger charge is 2.50. The van der Waals surface area contributed by atoms with Crippen LogP contribution >= 0.6 is 0 Å². The van der Waals surface area contributed by atoms with Crippen molar-refractivity contribution in [3.8, 4) is 0 Å². The minimum absolute atomic E-state index is 0.179. The number of hydrogen-bond donors (Lipinski definition) is 2. The number of hydrogen-bond acceptors (Lipinski definition) is 5. The molecule has 0 amide bonds. The molecule has 92 valence electrons. The van der Waals surface area contributed by atoms with Crippen LogP contribution in [0.15, 0.2) is 0 Å². The van der Waals surface area contributed by atoms with Crippen LogP contribution in [-0.2, 0) is 24.3 Å². The summed E-state index contributed by atoms with van der Waals surface area (Å²) in [5.74, 6) is -2.69. The Morgan fingerprint density at radius 1 is 1.44 bits per heavy atom. The molecular formula is C8H13NO6S. The first-order valence-corrected chi connectivity index (χ1v) is 6.24. The van der Waals surface area contributed by atoms with Gasteiger partial charge < -0.3 is 9.84 Å². The minimum atomic E-state index is -3.81. The predicted octanol–water partition coefficient (Wildman–Crippen LogP) is -1.06. The fraction of sp³-hybridized carbons (Fsp3) is 0.750. The first-order valence-electron chi connectivity index (χ1n) is 4.59. The number of rotatable bonds is 6. The molecule has 0 heterocycles. The van der Waals surface area contributed by atoms with Gasteiger partial charge in [0, 0.05) is 6.54 Å². The number of carboxylic acid groups (broad SMARTS) is 1. The van der Waals surface area contributed by atoms with Gasteiger partial charge in [-0.3, -0.25) is 9.59 Å². The van der Waals surface area contributed by atoms with Gasteiger partial charge in [0.1, 0.15) is 0 Å². The summed E-state index contributed by atoms with van der Waals surface area (Å²) in [6.45, 7) is -0.179. The van der Waals surface area contributed by atoms with Crippen LogP contribution in [0.4, 0.5) is 0 Å². The number of carbonyl (C=O) groups is 2. The number of methoxy groups -OCH3 is 1. The summed E-state index contributed by atoms with van der Waals surface area (Å²) in [5.41, 5.74) is -0.983. The molecule has 1 aliphatic rings. The van der Waals surface area contributed by atoms with Crippen LogP contribution in [0.1, 0.15) is 12.8 Å². The van der Waals surface area contributed by atoms with Crippen molar-refractivity contribution in [1.82, 2.24) is 4.72 Å². The Morgan fingerprint density at radius 2 is 2.00 bits per heavy atom. The first-order chi connectivity index (χ1) is 7.31. The Kier molecular flexibility index (Phi) is 3.54. The van der Waals surface area contributed by atoms with E-state index in [1.807, 2.05) is 0 Å². The lowest BCUT2D eigenvalue weighted by Crippen LogP contribution is -2.37. The van der Waals surface area contributed by atoms with Crippen molar-refractivity contribution in [3.05, 3.63) is 0 Å². The lowest BCUT2D eigenvalue weighted by atomic mass is 10.1. The highest BCUT2D eigenvalue weighted by Crippen LogP contribution is 2.45. The van der Waals surface area contributed by atoms with E-state index in [1.165, 1.54) is 0 Å². The van der Waals surface area contributed by atoms with Gasteiger partial charge in [0.2, 0.25) is 10.0 Å². The van der Waals surface area contributed by atoms with Crippen molar-refractivity contribution >= 4 is 22.0 Å². The SMILES string of the molecule is COC(=O)CS(=O)(=O)NCC1(C(=O)O)CC1. The van der Waals surface area contributed by atoms with Gasteiger partial charge in [-0.05, 0) is 12.8 Å². The molecule has 0 unspecified atom stereocenters. The summed E-state index contributed by atoms with van der Waals surface area (Å²) in [6.07, 6.45) is 0.895. The standard InChI is InChI=1S/C8H13NO6S/c1-15-6(10)4-16(13,14)9-5-8(2-3-8)7(11)12/h9H,2-5H2,1H3,(H,11,12). The fourth-order valence-electron chi connectivity index (χ4n) is 1.13. The Morgan fingerprint density at radius 3 is 2.38 bits per heavy atom. The van der Waals surface area contributed by atoms with Crippen molar-refractivity contribution in [1.29, 1.82) is 0 Å². The smallest absolute Gasteiger partial charge is 0.322 e. The van der Waals surface area contributed by atoms with Gasteiger partial charge in [-0.2, -0.15) is 0 Å². The molecule has 2 N–H and O–H groups in total. The van der Waals surface area contributed by atoms with Crippen LogP contribution in [0.2, 0.25) is 0 Å². The number of nitrogens with one attached hydrogen (secondary N) is 1. The molecule has 0 radical (unpaired) electrons. The largest absolute Gasteiger partial charge is 0.481 e. The quantitative estimate of drug-likeness (QED) is 0.582. The number of esters is 1. The third-order valence-corrected chi connectivity index (χ3v) is 3.67. The first kappa shape index (κ1) is 12.9. The Hall–Kier alpha value is -1.15. The van der Waals surface area contributed by atoms with E-state index in [0.29, 0.717) is 12.8 Å². The van der Waals surface area contributed by atoms with E-state index < -0.39 is 33.1 Å². The lowest BCUT2D eigenvalue weighted by Gasteiger charge is -2.10. The van der Waals surface area contributed by atoms with Crippen molar-refractivity contribution < 1.29 is 27.9 Å². The van der Waals surface area contributed by atoms with Gasteiger partial charge in [0.15, 0.2) is 5.75 Å². The third-order valence-electron chi connectivity index (χ3n) is 2.47. The molecule has 0 aliphatic heterocycles. The molecule has 0 aromatic carbocycles. The molecule has 7 nitrogen and oxygen atoms in total. The predicted molar refractivity (Wildman–Crippen MR) is 53.1 cm³/mol. The van der Waals surface area contributed by atoms with Crippen LogP contribution in [-0.4, -0.2) is 44.9 Å².